The second kappa shape index (κ2) is 8.06. The van der Waals surface area contributed by atoms with Crippen molar-refractivity contribution < 1.29 is 15.3 Å². The fraction of sp³-hybridized carbons (Fsp3) is 0.333. The third kappa shape index (κ3) is 3.89. The van der Waals surface area contributed by atoms with Crippen LogP contribution in [0.3, 0.4) is 0 Å². The number of benzene rings is 3. The van der Waals surface area contributed by atoms with Crippen LogP contribution < -0.4 is 0 Å². The first kappa shape index (κ1) is 21.8. The molecule has 3 N–H and O–H groups in total. The van der Waals surface area contributed by atoms with E-state index in [1.165, 1.54) is 0 Å². The minimum Gasteiger partial charge on any atom is -0.507 e. The minimum absolute atomic E-state index is 0.0318. The van der Waals surface area contributed by atoms with Crippen molar-refractivity contribution in [3.63, 3.8) is 0 Å². The van der Waals surface area contributed by atoms with Gasteiger partial charge in [0.1, 0.15) is 17.2 Å². The molecule has 0 spiro atoms. The van der Waals surface area contributed by atoms with Gasteiger partial charge in [-0.25, -0.2) is 0 Å². The average molecular weight is 405 g/mol. The van der Waals surface area contributed by atoms with E-state index in [1.54, 1.807) is 0 Å². The van der Waals surface area contributed by atoms with Crippen LogP contribution in [0.15, 0.2) is 36.4 Å². The molecule has 0 aliphatic heterocycles. The Balaban J connectivity index is 2.25. The zero-order valence-electron chi connectivity index (χ0n) is 19.0. The summed E-state index contributed by atoms with van der Waals surface area (Å²) in [5, 5.41) is 30.8. The molecule has 3 aromatic carbocycles. The molecule has 0 aromatic heterocycles. The monoisotopic (exact) mass is 404 g/mol. The van der Waals surface area contributed by atoms with Gasteiger partial charge in [-0.05, 0) is 97.5 Å². The van der Waals surface area contributed by atoms with E-state index in [9.17, 15) is 15.3 Å². The lowest BCUT2D eigenvalue weighted by molar-refractivity contribution is 0.464. The lowest BCUT2D eigenvalue weighted by atomic mass is 9.76. The molecule has 3 rings (SSSR count). The summed E-state index contributed by atoms with van der Waals surface area (Å²) in [7, 11) is 0. The molecule has 0 saturated heterocycles. The fourth-order valence-electron chi connectivity index (χ4n) is 4.55. The van der Waals surface area contributed by atoms with Crippen molar-refractivity contribution in [3.05, 3.63) is 86.5 Å². The predicted octanol–water partition coefficient (Wildman–Crippen LogP) is 6.59. The first-order chi connectivity index (χ1) is 14.0. The van der Waals surface area contributed by atoms with E-state index in [2.05, 4.69) is 43.3 Å². The van der Waals surface area contributed by atoms with Crippen molar-refractivity contribution in [2.24, 2.45) is 0 Å². The number of aromatic hydroxyl groups is 3. The summed E-state index contributed by atoms with van der Waals surface area (Å²) in [6.07, 6.45) is 0. The quantitative estimate of drug-likeness (QED) is 0.460. The van der Waals surface area contributed by atoms with Crippen molar-refractivity contribution in [1.29, 1.82) is 0 Å². The lowest BCUT2D eigenvalue weighted by Gasteiger charge is -2.28. The van der Waals surface area contributed by atoms with Crippen LogP contribution in [0.25, 0.3) is 0 Å². The molecule has 0 saturated carbocycles. The maximum Gasteiger partial charge on any atom is 0.121 e. The van der Waals surface area contributed by atoms with Crippen molar-refractivity contribution in [1.82, 2.24) is 0 Å². The zero-order valence-corrected chi connectivity index (χ0v) is 19.0. The van der Waals surface area contributed by atoms with Gasteiger partial charge in [-0.1, -0.05) is 43.3 Å². The van der Waals surface area contributed by atoms with Crippen LogP contribution in [0.4, 0.5) is 0 Å². The number of phenolic OH excluding ortho intramolecular Hbond substituents is 3. The van der Waals surface area contributed by atoms with Gasteiger partial charge in [0, 0.05) is 5.92 Å². The van der Waals surface area contributed by atoms with Crippen LogP contribution in [0.2, 0.25) is 0 Å². The molecular formula is C27H32O3. The Bertz CT molecular complexity index is 985. The highest BCUT2D eigenvalue weighted by molar-refractivity contribution is 5.52. The van der Waals surface area contributed by atoms with Crippen molar-refractivity contribution in [2.45, 2.75) is 60.3 Å². The van der Waals surface area contributed by atoms with Gasteiger partial charge in [0.2, 0.25) is 0 Å². The second-order valence-corrected chi connectivity index (χ2v) is 8.78. The van der Waals surface area contributed by atoms with Crippen LogP contribution in [-0.2, 0) is 0 Å². The van der Waals surface area contributed by atoms with E-state index in [4.69, 9.17) is 0 Å². The Labute approximate surface area is 179 Å². The Kier molecular flexibility index (Phi) is 5.85. The molecular weight excluding hydrogens is 372 g/mol. The normalized spacial score (nSPS) is 12.4. The molecule has 30 heavy (non-hydrogen) atoms. The molecule has 3 nitrogen and oxygen atoms in total. The van der Waals surface area contributed by atoms with Gasteiger partial charge in [0.15, 0.2) is 0 Å². The summed E-state index contributed by atoms with van der Waals surface area (Å²) in [5.74, 6) is 1.16. The summed E-state index contributed by atoms with van der Waals surface area (Å²) in [5.41, 5.74) is 8.56. The van der Waals surface area contributed by atoms with Crippen LogP contribution in [0, 0.1) is 41.5 Å². The molecule has 0 heterocycles. The highest BCUT2D eigenvalue weighted by atomic mass is 16.3. The molecule has 0 fully saturated rings. The minimum atomic E-state index is 0.0318. The van der Waals surface area contributed by atoms with Gasteiger partial charge in [-0.15, -0.1) is 0 Å². The van der Waals surface area contributed by atoms with Crippen molar-refractivity contribution in [2.75, 3.05) is 0 Å². The zero-order chi connectivity index (χ0) is 22.3. The van der Waals surface area contributed by atoms with Crippen molar-refractivity contribution >= 4 is 0 Å². The molecule has 0 amide bonds. The molecule has 3 aromatic rings. The van der Waals surface area contributed by atoms with Gasteiger partial charge in [0.05, 0.1) is 0 Å². The lowest BCUT2D eigenvalue weighted by Crippen LogP contribution is -2.12. The standard InChI is InChI=1S/C27H32O3/c1-14-8-21(9-15(2)25(14)28)20(7)24(22-10-16(3)26(29)17(4)11-22)23-12-18(5)27(30)19(6)13-23/h8-13,20,24,28-30H,1-7H3. The number of rotatable bonds is 4. The summed E-state index contributed by atoms with van der Waals surface area (Å²) < 4.78 is 0. The maximum absolute atomic E-state index is 10.3. The molecule has 1 unspecified atom stereocenters. The number of hydrogen-bond donors (Lipinski definition) is 3. The average Bonchev–Trinajstić information content (AvgIpc) is 2.67. The molecule has 0 aliphatic rings. The predicted molar refractivity (Wildman–Crippen MR) is 123 cm³/mol. The van der Waals surface area contributed by atoms with E-state index < -0.39 is 0 Å². The Morgan fingerprint density at radius 2 is 0.700 bits per heavy atom. The number of phenols is 3. The third-order valence-electron chi connectivity index (χ3n) is 6.28. The van der Waals surface area contributed by atoms with E-state index in [-0.39, 0.29) is 11.8 Å². The van der Waals surface area contributed by atoms with Crippen LogP contribution >= 0.6 is 0 Å². The van der Waals surface area contributed by atoms with Crippen LogP contribution in [0.1, 0.15) is 68.8 Å². The van der Waals surface area contributed by atoms with Gasteiger partial charge < -0.3 is 15.3 Å². The van der Waals surface area contributed by atoms with Crippen LogP contribution in [0.5, 0.6) is 17.2 Å². The Morgan fingerprint density at radius 1 is 0.467 bits per heavy atom. The fourth-order valence-corrected chi connectivity index (χ4v) is 4.55. The molecule has 1 atom stereocenters. The Morgan fingerprint density at radius 3 is 0.967 bits per heavy atom. The van der Waals surface area contributed by atoms with Crippen LogP contribution in [-0.4, -0.2) is 15.3 Å². The van der Waals surface area contributed by atoms with Gasteiger partial charge in [0.25, 0.3) is 0 Å². The number of aryl methyl sites for hydroxylation is 6. The van der Waals surface area contributed by atoms with Gasteiger partial charge >= 0.3 is 0 Å². The summed E-state index contributed by atoms with van der Waals surface area (Å²) >= 11 is 0. The molecule has 0 bridgehead atoms. The first-order valence-corrected chi connectivity index (χ1v) is 10.4. The molecule has 3 heteroatoms. The SMILES string of the molecule is Cc1cc(C(C)C(c2cc(C)c(O)c(C)c2)c2cc(C)c(O)c(C)c2)cc(C)c1O. The highest BCUT2D eigenvalue weighted by Gasteiger charge is 2.26. The van der Waals surface area contributed by atoms with E-state index in [1.807, 2.05) is 41.5 Å². The summed E-state index contributed by atoms with van der Waals surface area (Å²) in [6, 6.07) is 12.3. The number of hydrogen-bond acceptors (Lipinski definition) is 3. The Hall–Kier alpha value is -2.94. The first-order valence-electron chi connectivity index (χ1n) is 10.4. The second-order valence-electron chi connectivity index (χ2n) is 8.78. The van der Waals surface area contributed by atoms with Gasteiger partial charge in [-0.2, -0.15) is 0 Å². The summed E-state index contributed by atoms with van der Waals surface area (Å²) in [6.45, 7) is 13.8. The molecule has 0 radical (unpaired) electrons. The molecule has 158 valence electrons. The molecule has 0 aliphatic carbocycles. The highest BCUT2D eigenvalue weighted by Crippen LogP contribution is 2.43. The third-order valence-corrected chi connectivity index (χ3v) is 6.28. The van der Waals surface area contributed by atoms with Crippen molar-refractivity contribution in [3.8, 4) is 17.2 Å². The van der Waals surface area contributed by atoms with Gasteiger partial charge in [-0.3, -0.25) is 0 Å². The maximum atomic E-state index is 10.3. The summed E-state index contributed by atoms with van der Waals surface area (Å²) in [4.78, 5) is 0. The van der Waals surface area contributed by atoms with E-state index in [0.29, 0.717) is 17.2 Å². The topological polar surface area (TPSA) is 60.7 Å². The van der Waals surface area contributed by atoms with E-state index in [0.717, 1.165) is 50.1 Å². The largest absolute Gasteiger partial charge is 0.507 e. The van der Waals surface area contributed by atoms with E-state index >= 15 is 0 Å². The smallest absolute Gasteiger partial charge is 0.121 e.